The van der Waals surface area contributed by atoms with Crippen molar-refractivity contribution in [3.05, 3.63) is 34.9 Å². The fraction of sp³-hybridized carbons (Fsp3) is 0.533. The molecule has 2 atom stereocenters. The maximum absolute atomic E-state index is 12.4. The fourth-order valence-electron chi connectivity index (χ4n) is 2.52. The predicted octanol–water partition coefficient (Wildman–Crippen LogP) is 1.51. The number of rotatable bonds is 5. The molecule has 1 aliphatic heterocycles. The van der Waals surface area contributed by atoms with Gasteiger partial charge in [0.05, 0.1) is 28.5 Å². The lowest BCUT2D eigenvalue weighted by Crippen LogP contribution is -2.49. The predicted molar refractivity (Wildman–Crippen MR) is 89.2 cm³/mol. The number of ether oxygens (including phenoxy) is 1. The minimum Gasteiger partial charge on any atom is -0.373 e. The number of morpholine rings is 1. The smallest absolute Gasteiger partial charge is 0.252 e. The molecule has 1 saturated heterocycles. The van der Waals surface area contributed by atoms with Gasteiger partial charge in [0.1, 0.15) is 0 Å². The van der Waals surface area contributed by atoms with E-state index in [0.717, 1.165) is 0 Å². The zero-order valence-corrected chi connectivity index (χ0v) is 14.7. The van der Waals surface area contributed by atoms with E-state index in [4.69, 9.17) is 16.3 Å². The van der Waals surface area contributed by atoms with Gasteiger partial charge in [-0.05, 0) is 26.0 Å². The number of hydrogen-bond donors (Lipinski definition) is 1. The van der Waals surface area contributed by atoms with Crippen LogP contribution < -0.4 is 5.32 Å². The molecule has 0 aliphatic carbocycles. The molecule has 0 bridgehead atoms. The van der Waals surface area contributed by atoms with Gasteiger partial charge in [-0.15, -0.1) is 0 Å². The Morgan fingerprint density at radius 3 is 2.52 bits per heavy atom. The third kappa shape index (κ3) is 4.91. The van der Waals surface area contributed by atoms with Gasteiger partial charge < -0.3 is 10.1 Å². The van der Waals surface area contributed by atoms with Crippen LogP contribution >= 0.6 is 11.6 Å². The highest BCUT2D eigenvalue weighted by atomic mass is 35.5. The van der Waals surface area contributed by atoms with Crippen molar-refractivity contribution in [1.29, 1.82) is 0 Å². The lowest BCUT2D eigenvalue weighted by atomic mass is 10.2. The Bertz CT molecular complexity index is 655. The third-order valence-electron chi connectivity index (χ3n) is 3.54. The average molecular weight is 361 g/mol. The van der Waals surface area contributed by atoms with Crippen molar-refractivity contribution < 1.29 is 17.9 Å². The lowest BCUT2D eigenvalue weighted by Gasteiger charge is -2.34. The van der Waals surface area contributed by atoms with Crippen molar-refractivity contribution in [2.24, 2.45) is 0 Å². The molecule has 1 aromatic carbocycles. The van der Waals surface area contributed by atoms with Crippen LogP contribution in [0.2, 0.25) is 5.02 Å². The molecule has 23 heavy (non-hydrogen) atoms. The molecule has 1 aliphatic rings. The van der Waals surface area contributed by atoms with Crippen LogP contribution in [0.1, 0.15) is 24.2 Å². The van der Waals surface area contributed by atoms with E-state index in [2.05, 4.69) is 5.32 Å². The van der Waals surface area contributed by atoms with Crippen LogP contribution in [0.4, 0.5) is 0 Å². The first-order chi connectivity index (χ1) is 10.8. The van der Waals surface area contributed by atoms with Crippen LogP contribution in [0.25, 0.3) is 0 Å². The Labute approximate surface area is 141 Å². The van der Waals surface area contributed by atoms with Gasteiger partial charge in [-0.1, -0.05) is 23.7 Å². The maximum atomic E-state index is 12.4. The highest BCUT2D eigenvalue weighted by molar-refractivity contribution is 7.89. The van der Waals surface area contributed by atoms with Crippen LogP contribution in [-0.2, 0) is 14.8 Å². The maximum Gasteiger partial charge on any atom is 0.252 e. The van der Waals surface area contributed by atoms with Crippen LogP contribution in [0.5, 0.6) is 0 Å². The molecule has 0 aromatic heterocycles. The number of hydrogen-bond acceptors (Lipinski definition) is 4. The van der Waals surface area contributed by atoms with E-state index >= 15 is 0 Å². The van der Waals surface area contributed by atoms with Gasteiger partial charge in [-0.25, -0.2) is 8.42 Å². The van der Waals surface area contributed by atoms with Gasteiger partial charge >= 0.3 is 0 Å². The van der Waals surface area contributed by atoms with E-state index in [0.29, 0.717) is 23.7 Å². The summed E-state index contributed by atoms with van der Waals surface area (Å²) in [7, 11) is -3.43. The molecule has 128 valence electrons. The highest BCUT2D eigenvalue weighted by Gasteiger charge is 2.30. The van der Waals surface area contributed by atoms with E-state index in [1.54, 1.807) is 24.3 Å². The first-order valence-electron chi connectivity index (χ1n) is 7.45. The zero-order valence-electron chi connectivity index (χ0n) is 13.2. The topological polar surface area (TPSA) is 75.7 Å². The number of nitrogens with zero attached hydrogens (tertiary/aromatic N) is 1. The fourth-order valence-corrected chi connectivity index (χ4v) is 4.23. The van der Waals surface area contributed by atoms with E-state index in [9.17, 15) is 13.2 Å². The Morgan fingerprint density at radius 1 is 1.30 bits per heavy atom. The van der Waals surface area contributed by atoms with Gasteiger partial charge in [0, 0.05) is 19.6 Å². The minimum atomic E-state index is -3.43. The molecular weight excluding hydrogens is 340 g/mol. The Hall–Kier alpha value is -1.15. The molecule has 1 amide bonds. The summed E-state index contributed by atoms with van der Waals surface area (Å²) >= 11 is 5.94. The van der Waals surface area contributed by atoms with Crippen molar-refractivity contribution in [3.8, 4) is 0 Å². The molecule has 1 aromatic rings. The summed E-state index contributed by atoms with van der Waals surface area (Å²) in [5, 5.41) is 2.93. The molecule has 2 rings (SSSR count). The lowest BCUT2D eigenvalue weighted by molar-refractivity contribution is -0.0440. The SMILES string of the molecule is C[C@@H]1CN(S(=O)(=O)CCNC(=O)c2ccccc2Cl)C[C@@H](C)O1. The Balaban J connectivity index is 1.90. The van der Waals surface area contributed by atoms with Crippen LogP contribution in [-0.4, -0.2) is 56.2 Å². The standard InChI is InChI=1S/C15H21ClN2O4S/c1-11-9-18(10-12(2)22-11)23(20,21)8-7-17-15(19)13-5-3-4-6-14(13)16/h3-6,11-12H,7-10H2,1-2H3,(H,17,19)/t11-,12-/m1/s1. The second-order valence-electron chi connectivity index (χ2n) is 5.63. The second-order valence-corrected chi connectivity index (χ2v) is 8.12. The van der Waals surface area contributed by atoms with Crippen LogP contribution in [0.15, 0.2) is 24.3 Å². The van der Waals surface area contributed by atoms with Gasteiger partial charge in [0.15, 0.2) is 0 Å². The van der Waals surface area contributed by atoms with E-state index in [1.807, 2.05) is 13.8 Å². The molecule has 8 heteroatoms. The van der Waals surface area contributed by atoms with Gasteiger partial charge in [-0.3, -0.25) is 4.79 Å². The number of carbonyl (C=O) groups excluding carboxylic acids is 1. The van der Waals surface area contributed by atoms with Crippen LogP contribution in [0.3, 0.4) is 0 Å². The van der Waals surface area contributed by atoms with Crippen molar-refractivity contribution in [2.75, 3.05) is 25.4 Å². The van der Waals surface area contributed by atoms with Crippen molar-refractivity contribution in [1.82, 2.24) is 9.62 Å². The molecular formula is C15H21ClN2O4S. The first-order valence-corrected chi connectivity index (χ1v) is 9.44. The summed E-state index contributed by atoms with van der Waals surface area (Å²) in [4.78, 5) is 12.0. The Kier molecular flexibility index (Phi) is 6.02. The summed E-state index contributed by atoms with van der Waals surface area (Å²) in [5.41, 5.74) is 0.334. The van der Waals surface area contributed by atoms with E-state index < -0.39 is 10.0 Å². The molecule has 0 saturated carbocycles. The molecule has 1 fully saturated rings. The number of carbonyl (C=O) groups is 1. The normalized spacial score (nSPS) is 22.7. The summed E-state index contributed by atoms with van der Waals surface area (Å²) in [6.07, 6.45) is -0.266. The van der Waals surface area contributed by atoms with E-state index in [-0.39, 0.29) is 30.4 Å². The van der Waals surface area contributed by atoms with Crippen molar-refractivity contribution >= 4 is 27.5 Å². The number of benzene rings is 1. The largest absolute Gasteiger partial charge is 0.373 e. The molecule has 0 radical (unpaired) electrons. The monoisotopic (exact) mass is 360 g/mol. The first kappa shape index (κ1) is 18.2. The molecule has 1 N–H and O–H groups in total. The third-order valence-corrected chi connectivity index (χ3v) is 5.68. The summed E-state index contributed by atoms with van der Waals surface area (Å²) in [5.74, 6) is -0.530. The summed E-state index contributed by atoms with van der Waals surface area (Å²) in [6, 6.07) is 6.64. The van der Waals surface area contributed by atoms with Gasteiger partial charge in [-0.2, -0.15) is 4.31 Å². The quantitative estimate of drug-likeness (QED) is 0.863. The highest BCUT2D eigenvalue weighted by Crippen LogP contribution is 2.16. The van der Waals surface area contributed by atoms with Crippen molar-refractivity contribution in [3.63, 3.8) is 0 Å². The molecule has 6 nitrogen and oxygen atoms in total. The average Bonchev–Trinajstić information content (AvgIpc) is 2.46. The van der Waals surface area contributed by atoms with Gasteiger partial charge in [0.2, 0.25) is 10.0 Å². The second kappa shape index (κ2) is 7.61. The zero-order chi connectivity index (χ0) is 17.0. The number of amides is 1. The number of nitrogens with one attached hydrogen (secondary N) is 1. The summed E-state index contributed by atoms with van der Waals surface area (Å²) < 4.78 is 31.7. The number of sulfonamides is 1. The molecule has 0 unspecified atom stereocenters. The minimum absolute atomic E-state index is 0.0342. The molecule has 0 spiro atoms. The van der Waals surface area contributed by atoms with E-state index in [1.165, 1.54) is 4.31 Å². The van der Waals surface area contributed by atoms with Crippen molar-refractivity contribution in [2.45, 2.75) is 26.1 Å². The molecule has 1 heterocycles. The van der Waals surface area contributed by atoms with Gasteiger partial charge in [0.25, 0.3) is 5.91 Å². The summed E-state index contributed by atoms with van der Waals surface area (Å²) in [6.45, 7) is 4.40. The number of halogens is 1. The Morgan fingerprint density at radius 2 is 1.91 bits per heavy atom. The van der Waals surface area contributed by atoms with Crippen LogP contribution in [0, 0.1) is 0 Å².